The van der Waals surface area contributed by atoms with Crippen LogP contribution in [0.25, 0.3) is 0 Å². The average Bonchev–Trinajstić information content (AvgIpc) is 2.35. The van der Waals surface area contributed by atoms with E-state index < -0.39 is 18.0 Å². The van der Waals surface area contributed by atoms with E-state index in [0.29, 0.717) is 4.47 Å². The maximum absolute atomic E-state index is 11.3. The largest absolute Gasteiger partial charge is 0.480 e. The van der Waals surface area contributed by atoms with Crippen molar-refractivity contribution in [3.63, 3.8) is 0 Å². The lowest BCUT2D eigenvalue weighted by Gasteiger charge is -2.23. The molecule has 1 heterocycles. The van der Waals surface area contributed by atoms with Gasteiger partial charge in [-0.1, -0.05) is 0 Å². The van der Waals surface area contributed by atoms with Crippen molar-refractivity contribution in [1.82, 2.24) is 4.98 Å². The van der Waals surface area contributed by atoms with Crippen molar-refractivity contribution in [1.29, 1.82) is 0 Å². The molecule has 0 radical (unpaired) electrons. The van der Waals surface area contributed by atoms with E-state index in [1.165, 1.54) is 20.2 Å². The molecule has 7 heteroatoms. The second kappa shape index (κ2) is 6.12. The second-order valence-corrected chi connectivity index (χ2v) is 4.76. The molecular formula is C11H14BrNO5. The first-order chi connectivity index (χ1) is 8.45. The first-order valence-corrected chi connectivity index (χ1v) is 5.87. The summed E-state index contributed by atoms with van der Waals surface area (Å²) in [4.78, 5) is 15.3. The maximum atomic E-state index is 11.3. The quantitative estimate of drug-likeness (QED) is 0.765. The zero-order valence-corrected chi connectivity index (χ0v) is 11.6. The number of aliphatic hydroxyl groups is 1. The van der Waals surface area contributed by atoms with E-state index in [2.05, 4.69) is 20.9 Å². The summed E-state index contributed by atoms with van der Waals surface area (Å²) in [6, 6.07) is 1.58. The van der Waals surface area contributed by atoms with Crippen LogP contribution >= 0.6 is 15.9 Å². The van der Waals surface area contributed by atoms with Crippen LogP contribution in [0.3, 0.4) is 0 Å². The van der Waals surface area contributed by atoms with Crippen LogP contribution in [0, 0.1) is 0 Å². The summed E-state index contributed by atoms with van der Waals surface area (Å²) in [5.74, 6) is -0.924. The third-order valence-electron chi connectivity index (χ3n) is 2.46. The number of carbonyl (C=O) groups is 1. The predicted octanol–water partition coefficient (Wildman–Crippen LogP) is 1.16. The van der Waals surface area contributed by atoms with Gasteiger partial charge in [0.25, 0.3) is 0 Å². The lowest BCUT2D eigenvalue weighted by molar-refractivity contribution is -0.145. The molecule has 0 bridgehead atoms. The Morgan fingerprint density at radius 1 is 1.61 bits per heavy atom. The van der Waals surface area contributed by atoms with Crippen LogP contribution in [0.5, 0.6) is 5.75 Å². The standard InChI is InChI=1S/C11H14BrNO5/c1-11(5-14,10(15)16)9-8(18-6-17-2)3-7(12)4-13-9/h3-4,14H,5-6H2,1-2H3,(H,15,16). The van der Waals surface area contributed by atoms with Gasteiger partial charge < -0.3 is 19.7 Å². The van der Waals surface area contributed by atoms with Crippen molar-refractivity contribution < 1.29 is 24.5 Å². The van der Waals surface area contributed by atoms with Crippen molar-refractivity contribution in [3.8, 4) is 5.75 Å². The number of pyridine rings is 1. The van der Waals surface area contributed by atoms with E-state index in [0.717, 1.165) is 0 Å². The van der Waals surface area contributed by atoms with Gasteiger partial charge >= 0.3 is 5.97 Å². The molecule has 0 aliphatic rings. The van der Waals surface area contributed by atoms with E-state index in [9.17, 15) is 15.0 Å². The molecule has 0 saturated heterocycles. The molecule has 0 aliphatic carbocycles. The lowest BCUT2D eigenvalue weighted by atomic mass is 9.87. The van der Waals surface area contributed by atoms with E-state index in [1.807, 2.05) is 0 Å². The third kappa shape index (κ3) is 2.98. The summed E-state index contributed by atoms with van der Waals surface area (Å²) < 4.78 is 10.7. The Morgan fingerprint density at radius 2 is 2.28 bits per heavy atom. The van der Waals surface area contributed by atoms with E-state index in [-0.39, 0.29) is 18.2 Å². The molecule has 1 atom stereocenters. The van der Waals surface area contributed by atoms with Gasteiger partial charge in [0, 0.05) is 17.8 Å². The number of aromatic nitrogens is 1. The van der Waals surface area contributed by atoms with Crippen molar-refractivity contribution in [2.45, 2.75) is 12.3 Å². The van der Waals surface area contributed by atoms with Crippen LogP contribution in [0.4, 0.5) is 0 Å². The number of aliphatic hydroxyl groups excluding tert-OH is 1. The molecule has 1 unspecified atom stereocenters. The minimum Gasteiger partial charge on any atom is -0.480 e. The van der Waals surface area contributed by atoms with Gasteiger partial charge in [0.05, 0.1) is 6.61 Å². The number of methoxy groups -OCH3 is 1. The first-order valence-electron chi connectivity index (χ1n) is 5.07. The van der Waals surface area contributed by atoms with Crippen molar-refractivity contribution >= 4 is 21.9 Å². The maximum Gasteiger partial charge on any atom is 0.317 e. The van der Waals surface area contributed by atoms with Crippen LogP contribution in [0.2, 0.25) is 0 Å². The highest BCUT2D eigenvalue weighted by atomic mass is 79.9. The zero-order valence-electron chi connectivity index (χ0n) is 10.0. The van der Waals surface area contributed by atoms with Crippen molar-refractivity contribution in [2.75, 3.05) is 20.5 Å². The molecule has 0 aliphatic heterocycles. The predicted molar refractivity (Wildman–Crippen MR) is 66.5 cm³/mol. The van der Waals surface area contributed by atoms with Gasteiger partial charge in [-0.15, -0.1) is 0 Å². The van der Waals surface area contributed by atoms with Gasteiger partial charge in [0.2, 0.25) is 0 Å². The molecule has 18 heavy (non-hydrogen) atoms. The molecule has 0 spiro atoms. The molecule has 2 N–H and O–H groups in total. The molecule has 0 aromatic carbocycles. The van der Waals surface area contributed by atoms with Crippen LogP contribution in [0.15, 0.2) is 16.7 Å². The third-order valence-corrected chi connectivity index (χ3v) is 2.90. The zero-order chi connectivity index (χ0) is 13.8. The van der Waals surface area contributed by atoms with Crippen molar-refractivity contribution in [2.24, 2.45) is 0 Å². The number of hydrogen-bond donors (Lipinski definition) is 2. The van der Waals surface area contributed by atoms with E-state index in [1.54, 1.807) is 6.07 Å². The summed E-state index contributed by atoms with van der Waals surface area (Å²) in [5.41, 5.74) is -1.37. The highest BCUT2D eigenvalue weighted by Crippen LogP contribution is 2.32. The molecule has 1 aromatic heterocycles. The molecule has 6 nitrogen and oxygen atoms in total. The number of carboxylic acid groups (broad SMARTS) is 1. The number of carboxylic acids is 1. The number of halogens is 1. The van der Waals surface area contributed by atoms with Crippen LogP contribution in [-0.4, -0.2) is 41.7 Å². The Kier molecular flexibility index (Phi) is 5.06. The fourth-order valence-corrected chi connectivity index (χ4v) is 1.62. The molecular weight excluding hydrogens is 306 g/mol. The molecule has 100 valence electrons. The highest BCUT2D eigenvalue weighted by Gasteiger charge is 2.39. The van der Waals surface area contributed by atoms with Crippen LogP contribution in [0.1, 0.15) is 12.6 Å². The normalized spacial score (nSPS) is 14.0. The summed E-state index contributed by atoms with van der Waals surface area (Å²) in [7, 11) is 1.45. The molecule has 1 rings (SSSR count). The monoisotopic (exact) mass is 319 g/mol. The fourth-order valence-electron chi connectivity index (χ4n) is 1.31. The van der Waals surface area contributed by atoms with Gasteiger partial charge in [-0.3, -0.25) is 9.78 Å². The number of ether oxygens (including phenoxy) is 2. The summed E-state index contributed by atoms with van der Waals surface area (Å²) in [5, 5.41) is 18.5. The van der Waals surface area contributed by atoms with Gasteiger partial charge in [0.15, 0.2) is 6.79 Å². The Labute approximate surface area is 113 Å². The molecule has 0 amide bonds. The minimum atomic E-state index is -1.52. The van der Waals surface area contributed by atoms with Gasteiger partial charge in [-0.2, -0.15) is 0 Å². The van der Waals surface area contributed by atoms with Gasteiger partial charge in [-0.25, -0.2) is 0 Å². The van der Waals surface area contributed by atoms with E-state index in [4.69, 9.17) is 9.47 Å². The Hall–Kier alpha value is -1.18. The highest BCUT2D eigenvalue weighted by molar-refractivity contribution is 9.10. The topological polar surface area (TPSA) is 88.9 Å². The average molecular weight is 320 g/mol. The van der Waals surface area contributed by atoms with Crippen LogP contribution in [-0.2, 0) is 14.9 Å². The smallest absolute Gasteiger partial charge is 0.317 e. The first kappa shape index (κ1) is 14.9. The Balaban J connectivity index is 3.25. The van der Waals surface area contributed by atoms with Crippen LogP contribution < -0.4 is 4.74 Å². The Bertz CT molecular complexity index is 439. The fraction of sp³-hybridized carbons (Fsp3) is 0.455. The van der Waals surface area contributed by atoms with E-state index >= 15 is 0 Å². The summed E-state index contributed by atoms with van der Waals surface area (Å²) in [6.07, 6.45) is 1.45. The number of rotatable bonds is 6. The minimum absolute atomic E-state index is 0.0355. The molecule has 0 fully saturated rings. The second-order valence-electron chi connectivity index (χ2n) is 3.85. The number of hydrogen-bond acceptors (Lipinski definition) is 5. The molecule has 1 aromatic rings. The Morgan fingerprint density at radius 3 is 2.78 bits per heavy atom. The number of aliphatic carboxylic acids is 1. The summed E-state index contributed by atoms with van der Waals surface area (Å²) >= 11 is 3.22. The van der Waals surface area contributed by atoms with Gasteiger partial charge in [0.1, 0.15) is 16.9 Å². The van der Waals surface area contributed by atoms with Crippen molar-refractivity contribution in [3.05, 3.63) is 22.4 Å². The summed E-state index contributed by atoms with van der Waals surface area (Å²) in [6.45, 7) is 0.762. The molecule has 0 saturated carbocycles. The number of nitrogens with zero attached hydrogens (tertiary/aromatic N) is 1. The lowest BCUT2D eigenvalue weighted by Crippen LogP contribution is -2.37. The SMILES string of the molecule is COCOc1cc(Br)cnc1C(C)(CO)C(=O)O. The van der Waals surface area contributed by atoms with Gasteiger partial charge in [-0.05, 0) is 28.9 Å².